The number of fused-ring (bicyclic) bond motifs is 2. The number of nitrogens with zero attached hydrogens (tertiary/aromatic N) is 9. The molecule has 0 fully saturated rings. The molecule has 32 heavy (non-hydrogen) atoms. The monoisotopic (exact) mass is 497 g/mol. The molecule has 0 bridgehead atoms. The van der Waals surface area contributed by atoms with E-state index in [1.807, 2.05) is 4.57 Å². The zero-order valence-electron chi connectivity index (χ0n) is 17.4. The van der Waals surface area contributed by atoms with E-state index in [9.17, 15) is 4.79 Å². The molecule has 5 heterocycles. The number of aromatic nitrogens is 8. The van der Waals surface area contributed by atoms with Crippen LogP contribution in [0.5, 0.6) is 0 Å². The molecule has 0 aromatic carbocycles. The molecule has 11 nitrogen and oxygen atoms in total. The normalized spacial score (nSPS) is 13.0. The highest BCUT2D eigenvalue weighted by Gasteiger charge is 2.25. The van der Waals surface area contributed by atoms with Gasteiger partial charge in [0.15, 0.2) is 0 Å². The third-order valence-corrected chi connectivity index (χ3v) is 5.76. The van der Waals surface area contributed by atoms with Crippen molar-refractivity contribution >= 4 is 32.1 Å². The Morgan fingerprint density at radius 3 is 2.91 bits per heavy atom. The molecule has 164 valence electrons. The molecule has 4 aromatic rings. The molecule has 0 atom stereocenters. The van der Waals surface area contributed by atoms with E-state index in [-0.39, 0.29) is 5.56 Å². The number of hydrogen-bond acceptors (Lipinski definition) is 9. The molecule has 0 amide bonds. The third kappa shape index (κ3) is 3.74. The van der Waals surface area contributed by atoms with Gasteiger partial charge in [-0.15, -0.1) is 10.2 Å². The summed E-state index contributed by atoms with van der Waals surface area (Å²) in [4.78, 5) is 30.3. The highest BCUT2D eigenvalue weighted by molar-refractivity contribution is 9.18. The fourth-order valence-electron chi connectivity index (χ4n) is 3.74. The van der Waals surface area contributed by atoms with E-state index in [4.69, 9.17) is 4.52 Å². The molecule has 0 unspecified atom stereocenters. The van der Waals surface area contributed by atoms with E-state index in [2.05, 4.69) is 58.2 Å². The average Bonchev–Trinajstić information content (AvgIpc) is 3.53. The first-order chi connectivity index (χ1) is 15.7. The highest BCUT2D eigenvalue weighted by Crippen LogP contribution is 2.28. The van der Waals surface area contributed by atoms with Gasteiger partial charge in [-0.3, -0.25) is 14.3 Å². The number of unbranched alkanes of at least 4 members (excludes halogenated alkanes) is 2. The minimum atomic E-state index is -0.134. The van der Waals surface area contributed by atoms with Crippen molar-refractivity contribution in [3.8, 4) is 11.5 Å². The molecule has 0 radical (unpaired) electrons. The molecule has 0 N–H and O–H groups in total. The lowest BCUT2D eigenvalue weighted by atomic mass is 10.2. The molecule has 4 aromatic heterocycles. The fraction of sp³-hybridized carbons (Fsp3) is 0.400. The summed E-state index contributed by atoms with van der Waals surface area (Å²) in [7, 11) is 0. The number of halogens is 1. The number of hydrogen-bond donors (Lipinski definition) is 0. The second-order valence-electron chi connectivity index (χ2n) is 7.48. The largest absolute Gasteiger partial charge is 0.339 e. The van der Waals surface area contributed by atoms with Gasteiger partial charge in [-0.25, -0.2) is 14.4 Å². The van der Waals surface area contributed by atoms with Gasteiger partial charge < -0.3 is 4.52 Å². The summed E-state index contributed by atoms with van der Waals surface area (Å²) in [6.45, 7) is 2.88. The van der Waals surface area contributed by atoms with E-state index in [0.717, 1.165) is 30.4 Å². The molecule has 1 aliphatic heterocycles. The maximum atomic E-state index is 13.2. The highest BCUT2D eigenvalue weighted by atomic mass is 79.9. The predicted octanol–water partition coefficient (Wildman–Crippen LogP) is 2.69. The van der Waals surface area contributed by atoms with Gasteiger partial charge in [-0.2, -0.15) is 4.98 Å². The maximum absolute atomic E-state index is 13.2. The molecule has 0 aliphatic carbocycles. The van der Waals surface area contributed by atoms with E-state index in [1.165, 1.54) is 0 Å². The summed E-state index contributed by atoms with van der Waals surface area (Å²) in [5, 5.41) is 12.6. The minimum Gasteiger partial charge on any atom is -0.339 e. The Morgan fingerprint density at radius 1 is 1.19 bits per heavy atom. The first-order valence-electron chi connectivity index (χ1n) is 10.5. The van der Waals surface area contributed by atoms with Gasteiger partial charge in [0.2, 0.25) is 17.5 Å². The Morgan fingerprint density at radius 2 is 2.09 bits per heavy atom. The van der Waals surface area contributed by atoms with E-state index >= 15 is 0 Å². The lowest BCUT2D eigenvalue weighted by molar-refractivity contribution is 0.377. The second-order valence-corrected chi connectivity index (χ2v) is 8.40. The van der Waals surface area contributed by atoms with Gasteiger partial charge in [0.25, 0.3) is 5.56 Å². The van der Waals surface area contributed by atoms with Crippen molar-refractivity contribution in [1.29, 1.82) is 0 Å². The fourth-order valence-corrected chi connectivity index (χ4v) is 4.19. The van der Waals surface area contributed by atoms with Gasteiger partial charge in [0, 0.05) is 38.2 Å². The lowest BCUT2D eigenvalue weighted by Crippen LogP contribution is -2.24. The topological polar surface area (TPSA) is 129 Å². The molecule has 0 saturated carbocycles. The number of aliphatic imine (C=N–C) groups is 1. The van der Waals surface area contributed by atoms with Crippen molar-refractivity contribution < 1.29 is 4.52 Å². The van der Waals surface area contributed by atoms with Gasteiger partial charge in [0.05, 0.1) is 16.4 Å². The van der Waals surface area contributed by atoms with Crippen LogP contribution in [-0.2, 0) is 25.8 Å². The van der Waals surface area contributed by atoms with Gasteiger partial charge in [-0.1, -0.05) is 24.9 Å². The Labute approximate surface area is 190 Å². The maximum Gasteiger partial charge on any atom is 0.266 e. The lowest BCUT2D eigenvalue weighted by Gasteiger charge is -2.12. The molecule has 0 saturated heterocycles. The zero-order valence-corrected chi connectivity index (χ0v) is 19.0. The molecule has 5 rings (SSSR count). The van der Waals surface area contributed by atoms with Crippen molar-refractivity contribution in [3.05, 3.63) is 46.2 Å². The summed E-state index contributed by atoms with van der Waals surface area (Å²) < 4.78 is 9.68. The molecule has 12 heteroatoms. The van der Waals surface area contributed by atoms with Crippen LogP contribution in [0.25, 0.3) is 17.3 Å². The van der Waals surface area contributed by atoms with Crippen molar-refractivity contribution in [3.63, 3.8) is 0 Å². The van der Waals surface area contributed by atoms with Crippen LogP contribution in [0.3, 0.4) is 0 Å². The summed E-state index contributed by atoms with van der Waals surface area (Å²) >= 11 is 3.45. The van der Waals surface area contributed by atoms with Crippen LogP contribution < -0.4 is 5.56 Å². The summed E-state index contributed by atoms with van der Waals surface area (Å²) in [6, 6.07) is 0. The quantitative estimate of drug-likeness (QED) is 0.339. The molecular formula is C20H20BrN9O2. The number of rotatable bonds is 8. The Kier molecular flexibility index (Phi) is 5.60. The minimum absolute atomic E-state index is 0.134. The summed E-state index contributed by atoms with van der Waals surface area (Å²) in [5.74, 6) is 2.54. The smallest absolute Gasteiger partial charge is 0.266 e. The standard InChI is InChI=1S/C20H20BrN9O2/c1-2-3-4-9-29-18-12(10-14(21)24-18)19(31)30-15(26-27-20(29)30)5-6-16-25-17(28-32-16)13-11-22-7-8-23-13/h7-8,11H,2-6,9-10H2,1H3. The van der Waals surface area contributed by atoms with Crippen LogP contribution in [0.2, 0.25) is 0 Å². The van der Waals surface area contributed by atoms with Crippen molar-refractivity contribution in [2.24, 2.45) is 4.99 Å². The number of aryl methyl sites for hydroxylation is 3. The summed E-state index contributed by atoms with van der Waals surface area (Å²) in [5.41, 5.74) is 1.06. The first kappa shape index (κ1) is 20.6. The van der Waals surface area contributed by atoms with E-state index in [1.54, 1.807) is 23.0 Å². The van der Waals surface area contributed by atoms with Crippen LogP contribution in [0.15, 0.2) is 32.9 Å². The van der Waals surface area contributed by atoms with Gasteiger partial charge >= 0.3 is 0 Å². The molecule has 0 spiro atoms. The Bertz CT molecular complexity index is 1360. The van der Waals surface area contributed by atoms with Crippen LogP contribution in [0, 0.1) is 0 Å². The van der Waals surface area contributed by atoms with Gasteiger partial charge in [-0.05, 0) is 22.4 Å². The molecule has 1 aliphatic rings. The van der Waals surface area contributed by atoms with Gasteiger partial charge in [0.1, 0.15) is 17.3 Å². The third-order valence-electron chi connectivity index (χ3n) is 5.30. The Hall–Kier alpha value is -3.28. The second kappa shape index (κ2) is 8.69. The Balaban J connectivity index is 1.45. The van der Waals surface area contributed by atoms with E-state index < -0.39 is 0 Å². The van der Waals surface area contributed by atoms with Crippen LogP contribution in [-0.4, -0.2) is 43.9 Å². The van der Waals surface area contributed by atoms with Crippen LogP contribution in [0.1, 0.15) is 43.5 Å². The first-order valence-corrected chi connectivity index (χ1v) is 11.3. The van der Waals surface area contributed by atoms with E-state index in [0.29, 0.717) is 59.7 Å². The zero-order chi connectivity index (χ0) is 22.1. The van der Waals surface area contributed by atoms with Crippen LogP contribution >= 0.6 is 15.9 Å². The van der Waals surface area contributed by atoms with Crippen molar-refractivity contribution in [2.45, 2.75) is 52.0 Å². The predicted molar refractivity (Wildman–Crippen MR) is 119 cm³/mol. The van der Waals surface area contributed by atoms with Crippen molar-refractivity contribution in [1.82, 2.24) is 39.3 Å². The summed E-state index contributed by atoms with van der Waals surface area (Å²) in [6.07, 6.45) is 9.20. The van der Waals surface area contributed by atoms with Crippen LogP contribution in [0.4, 0.5) is 5.82 Å². The average molecular weight is 498 g/mol. The molecular weight excluding hydrogens is 478 g/mol. The van der Waals surface area contributed by atoms with Crippen molar-refractivity contribution in [2.75, 3.05) is 0 Å². The SMILES string of the molecule is CCCCCn1c2c(c(=O)n3c(CCc4nc(-c5cnccn5)no4)nnc13)CC(Br)=N2.